The van der Waals surface area contributed by atoms with Crippen LogP contribution in [0, 0.1) is 11.7 Å². The normalized spacial score (nSPS) is 18.1. The van der Waals surface area contributed by atoms with Gasteiger partial charge < -0.3 is 4.90 Å². The summed E-state index contributed by atoms with van der Waals surface area (Å²) in [6.07, 6.45) is 1.79. The van der Waals surface area contributed by atoms with E-state index >= 15 is 0 Å². The van der Waals surface area contributed by atoms with Crippen LogP contribution in [0.15, 0.2) is 54.6 Å². The number of amides is 1. The highest BCUT2D eigenvalue weighted by Gasteiger charge is 2.24. The molecule has 0 bridgehead atoms. The first-order valence-corrected chi connectivity index (χ1v) is 11.1. The molecule has 0 radical (unpaired) electrons. The number of nitrogens with one attached hydrogen (secondary N) is 1. The third-order valence-corrected chi connectivity index (χ3v) is 6.34. The van der Waals surface area contributed by atoms with Gasteiger partial charge in [-0.25, -0.2) is 17.5 Å². The molecule has 28 heavy (non-hydrogen) atoms. The Hall–Kier alpha value is -2.25. The topological polar surface area (TPSA) is 66.5 Å². The van der Waals surface area contributed by atoms with Crippen LogP contribution >= 0.6 is 0 Å². The van der Waals surface area contributed by atoms with Gasteiger partial charge in [0, 0.05) is 31.6 Å². The van der Waals surface area contributed by atoms with E-state index in [1.807, 2.05) is 35.2 Å². The molecule has 0 aliphatic carbocycles. The van der Waals surface area contributed by atoms with E-state index in [0.29, 0.717) is 25.9 Å². The van der Waals surface area contributed by atoms with Crippen LogP contribution in [0.3, 0.4) is 0 Å². The van der Waals surface area contributed by atoms with Gasteiger partial charge in [-0.1, -0.05) is 48.5 Å². The Bertz CT molecular complexity index is 903. The van der Waals surface area contributed by atoms with E-state index < -0.39 is 15.8 Å². The quantitative estimate of drug-likeness (QED) is 0.771. The summed E-state index contributed by atoms with van der Waals surface area (Å²) < 4.78 is 40.9. The SMILES string of the molecule is O=C1CCC(CNS(=O)(=O)Cc2ccccc2F)CCN1Cc1ccccc1. The van der Waals surface area contributed by atoms with Gasteiger partial charge in [0.25, 0.3) is 0 Å². The van der Waals surface area contributed by atoms with Crippen molar-refractivity contribution < 1.29 is 17.6 Å². The van der Waals surface area contributed by atoms with Gasteiger partial charge >= 0.3 is 0 Å². The molecule has 1 aliphatic rings. The highest BCUT2D eigenvalue weighted by molar-refractivity contribution is 7.88. The minimum atomic E-state index is -3.63. The van der Waals surface area contributed by atoms with Gasteiger partial charge in [0.15, 0.2) is 0 Å². The van der Waals surface area contributed by atoms with Crippen LogP contribution in [0.2, 0.25) is 0 Å². The smallest absolute Gasteiger partial charge is 0.222 e. The Morgan fingerprint density at radius 2 is 1.75 bits per heavy atom. The summed E-state index contributed by atoms with van der Waals surface area (Å²) in [5.41, 5.74) is 1.24. The van der Waals surface area contributed by atoms with Crippen LogP contribution in [0.25, 0.3) is 0 Å². The van der Waals surface area contributed by atoms with Crippen molar-refractivity contribution in [2.75, 3.05) is 13.1 Å². The van der Waals surface area contributed by atoms with Crippen molar-refractivity contribution >= 4 is 15.9 Å². The first-order valence-electron chi connectivity index (χ1n) is 9.45. The standard InChI is InChI=1S/C21H25FN2O3S/c22-20-9-5-4-8-19(20)16-28(26,27)23-14-17-10-11-21(25)24(13-12-17)15-18-6-2-1-3-7-18/h1-9,17,23H,10-16H2. The molecule has 7 heteroatoms. The number of rotatable bonds is 7. The molecular formula is C21H25FN2O3S. The largest absolute Gasteiger partial charge is 0.338 e. The predicted molar refractivity (Wildman–Crippen MR) is 106 cm³/mol. The van der Waals surface area contributed by atoms with Gasteiger partial charge in [-0.2, -0.15) is 0 Å². The lowest BCUT2D eigenvalue weighted by molar-refractivity contribution is -0.131. The zero-order valence-electron chi connectivity index (χ0n) is 15.7. The Kier molecular flexibility index (Phi) is 6.80. The first-order chi connectivity index (χ1) is 13.4. The molecule has 1 atom stereocenters. The lowest BCUT2D eigenvalue weighted by Gasteiger charge is -2.21. The van der Waals surface area contributed by atoms with E-state index in [-0.39, 0.29) is 29.7 Å². The molecule has 2 aromatic rings. The second kappa shape index (κ2) is 9.30. The van der Waals surface area contributed by atoms with Crippen molar-refractivity contribution in [1.29, 1.82) is 0 Å². The highest BCUT2D eigenvalue weighted by atomic mass is 32.2. The molecule has 1 fully saturated rings. The lowest BCUT2D eigenvalue weighted by Crippen LogP contribution is -2.32. The fourth-order valence-electron chi connectivity index (χ4n) is 3.38. The summed E-state index contributed by atoms with van der Waals surface area (Å²) in [5, 5.41) is 0. The summed E-state index contributed by atoms with van der Waals surface area (Å²) in [5.74, 6) is -0.726. The fraction of sp³-hybridized carbons (Fsp3) is 0.381. The van der Waals surface area contributed by atoms with Gasteiger partial charge in [0.2, 0.25) is 15.9 Å². The lowest BCUT2D eigenvalue weighted by atomic mass is 10.0. The maximum atomic E-state index is 13.7. The van der Waals surface area contributed by atoms with Crippen molar-refractivity contribution in [2.45, 2.75) is 31.6 Å². The van der Waals surface area contributed by atoms with Crippen LogP contribution in [-0.4, -0.2) is 32.3 Å². The third-order valence-electron chi connectivity index (χ3n) is 5.04. The van der Waals surface area contributed by atoms with Gasteiger partial charge in [0.1, 0.15) is 5.82 Å². The molecule has 5 nitrogen and oxygen atoms in total. The Labute approximate surface area is 165 Å². The summed E-state index contributed by atoms with van der Waals surface area (Å²) >= 11 is 0. The maximum absolute atomic E-state index is 13.7. The molecule has 3 rings (SSSR count). The molecule has 1 heterocycles. The van der Waals surface area contributed by atoms with Crippen LogP contribution in [0.1, 0.15) is 30.4 Å². The molecule has 0 saturated carbocycles. The highest BCUT2D eigenvalue weighted by Crippen LogP contribution is 2.20. The first kappa shape index (κ1) is 20.5. The second-order valence-corrected chi connectivity index (χ2v) is 9.00. The monoisotopic (exact) mass is 404 g/mol. The van der Waals surface area contributed by atoms with Crippen molar-refractivity contribution in [3.8, 4) is 0 Å². The number of carbonyl (C=O) groups excluding carboxylic acids is 1. The van der Waals surface area contributed by atoms with Gasteiger partial charge in [-0.05, 0) is 30.4 Å². The van der Waals surface area contributed by atoms with E-state index in [9.17, 15) is 17.6 Å². The van der Waals surface area contributed by atoms with Crippen molar-refractivity contribution in [3.63, 3.8) is 0 Å². The number of halogens is 1. The molecule has 1 unspecified atom stereocenters. The number of likely N-dealkylation sites (tertiary alicyclic amines) is 1. The van der Waals surface area contributed by atoms with E-state index in [1.54, 1.807) is 6.07 Å². The predicted octanol–water partition coefficient (Wildman–Crippen LogP) is 3.07. The number of hydrogen-bond donors (Lipinski definition) is 1. The Morgan fingerprint density at radius 1 is 1.04 bits per heavy atom. The van der Waals surface area contributed by atoms with Crippen LogP contribution < -0.4 is 4.72 Å². The van der Waals surface area contributed by atoms with E-state index in [1.165, 1.54) is 18.2 Å². The van der Waals surface area contributed by atoms with Gasteiger partial charge in [-0.3, -0.25) is 4.79 Å². The van der Waals surface area contributed by atoms with Crippen molar-refractivity contribution in [2.24, 2.45) is 5.92 Å². The number of sulfonamides is 1. The third kappa shape index (κ3) is 5.87. The molecule has 0 aromatic heterocycles. The number of nitrogens with zero attached hydrogens (tertiary/aromatic N) is 1. The average Bonchev–Trinajstić information content (AvgIpc) is 2.85. The molecule has 2 aromatic carbocycles. The number of benzene rings is 2. The second-order valence-electron chi connectivity index (χ2n) is 7.19. The molecule has 0 spiro atoms. The molecular weight excluding hydrogens is 379 g/mol. The minimum absolute atomic E-state index is 0.0834. The minimum Gasteiger partial charge on any atom is -0.338 e. The maximum Gasteiger partial charge on any atom is 0.222 e. The van der Waals surface area contributed by atoms with Crippen molar-refractivity contribution in [3.05, 3.63) is 71.5 Å². The van der Waals surface area contributed by atoms with Crippen LogP contribution in [-0.2, 0) is 27.1 Å². The molecule has 1 N–H and O–H groups in total. The van der Waals surface area contributed by atoms with E-state index in [2.05, 4.69) is 4.72 Å². The molecule has 1 saturated heterocycles. The summed E-state index contributed by atoms with van der Waals surface area (Å²) in [6, 6.07) is 15.7. The number of hydrogen-bond acceptors (Lipinski definition) is 3. The van der Waals surface area contributed by atoms with Gasteiger partial charge in [-0.15, -0.1) is 0 Å². The number of carbonyl (C=O) groups is 1. The van der Waals surface area contributed by atoms with Crippen LogP contribution in [0.4, 0.5) is 4.39 Å². The Morgan fingerprint density at radius 3 is 2.50 bits per heavy atom. The Balaban J connectivity index is 1.53. The zero-order valence-corrected chi connectivity index (χ0v) is 16.5. The summed E-state index contributed by atoms with van der Waals surface area (Å²) in [4.78, 5) is 14.2. The fourth-order valence-corrected chi connectivity index (χ4v) is 4.62. The van der Waals surface area contributed by atoms with Crippen molar-refractivity contribution in [1.82, 2.24) is 9.62 Å². The van der Waals surface area contributed by atoms with Crippen LogP contribution in [0.5, 0.6) is 0 Å². The molecule has 1 aliphatic heterocycles. The van der Waals surface area contributed by atoms with E-state index in [4.69, 9.17) is 0 Å². The molecule has 150 valence electrons. The average molecular weight is 405 g/mol. The van der Waals surface area contributed by atoms with Gasteiger partial charge in [0.05, 0.1) is 5.75 Å². The molecule has 1 amide bonds. The zero-order chi connectivity index (χ0) is 20.0. The summed E-state index contributed by atoms with van der Waals surface area (Å²) in [7, 11) is -3.63. The summed E-state index contributed by atoms with van der Waals surface area (Å²) in [6.45, 7) is 1.45. The van der Waals surface area contributed by atoms with E-state index in [0.717, 1.165) is 12.0 Å².